The van der Waals surface area contributed by atoms with E-state index in [1.165, 1.54) is 5.56 Å². The van der Waals surface area contributed by atoms with Crippen molar-refractivity contribution in [3.63, 3.8) is 0 Å². The monoisotopic (exact) mass is 257 g/mol. The minimum absolute atomic E-state index is 0.423. The molecule has 2 aromatic rings. The highest BCUT2D eigenvalue weighted by Crippen LogP contribution is 2.20. The molecule has 0 aliphatic rings. The number of rotatable bonds is 4. The topological polar surface area (TPSA) is 42.2 Å². The van der Waals surface area contributed by atoms with E-state index in [4.69, 9.17) is 18.0 Å². The third-order valence-electron chi connectivity index (χ3n) is 2.75. The van der Waals surface area contributed by atoms with Gasteiger partial charge < -0.3 is 10.6 Å². The molecule has 0 spiro atoms. The molecule has 1 heterocycles. The molecule has 0 saturated carbocycles. The number of hydrogen-bond donors (Lipinski definition) is 1. The van der Waals surface area contributed by atoms with Gasteiger partial charge in [0.15, 0.2) is 0 Å². The lowest BCUT2D eigenvalue weighted by Gasteiger charge is -2.22. The average Bonchev–Trinajstić information content (AvgIpc) is 2.40. The number of para-hydroxylation sites is 1. The highest BCUT2D eigenvalue weighted by molar-refractivity contribution is 7.80. The van der Waals surface area contributed by atoms with E-state index < -0.39 is 0 Å². The Balaban J connectivity index is 2.24. The summed E-state index contributed by atoms with van der Waals surface area (Å²) in [5.41, 5.74) is 8.89. The van der Waals surface area contributed by atoms with Crippen molar-refractivity contribution in [1.29, 1.82) is 0 Å². The van der Waals surface area contributed by atoms with Crippen LogP contribution >= 0.6 is 12.2 Å². The van der Waals surface area contributed by atoms with Crippen molar-refractivity contribution in [2.75, 3.05) is 11.9 Å². The zero-order valence-corrected chi connectivity index (χ0v) is 11.0. The summed E-state index contributed by atoms with van der Waals surface area (Å²) in [6.07, 6.45) is 3.59. The van der Waals surface area contributed by atoms with E-state index in [0.717, 1.165) is 17.8 Å². The molecular weight excluding hydrogens is 242 g/mol. The van der Waals surface area contributed by atoms with Crippen molar-refractivity contribution < 1.29 is 0 Å². The molecule has 4 heteroatoms. The van der Waals surface area contributed by atoms with Crippen molar-refractivity contribution in [2.45, 2.75) is 6.54 Å². The summed E-state index contributed by atoms with van der Waals surface area (Å²) in [6.45, 7) is 0.794. The highest BCUT2D eigenvalue weighted by atomic mass is 32.1. The Hall–Kier alpha value is -1.94. The minimum Gasteiger partial charge on any atom is -0.389 e. The van der Waals surface area contributed by atoms with Gasteiger partial charge in [0.05, 0.1) is 0 Å². The summed E-state index contributed by atoms with van der Waals surface area (Å²) in [7, 11) is 2.03. The average molecular weight is 257 g/mol. The van der Waals surface area contributed by atoms with Crippen LogP contribution < -0.4 is 10.6 Å². The van der Waals surface area contributed by atoms with E-state index in [0.29, 0.717) is 4.99 Å². The molecule has 0 atom stereocenters. The van der Waals surface area contributed by atoms with Gasteiger partial charge >= 0.3 is 0 Å². The number of hydrogen-bond acceptors (Lipinski definition) is 3. The number of pyridine rings is 1. The van der Waals surface area contributed by atoms with Gasteiger partial charge in [-0.05, 0) is 29.8 Å². The van der Waals surface area contributed by atoms with Gasteiger partial charge in [-0.15, -0.1) is 0 Å². The third-order valence-corrected chi connectivity index (χ3v) is 2.97. The van der Waals surface area contributed by atoms with E-state index in [9.17, 15) is 0 Å². The molecule has 0 fully saturated rings. The van der Waals surface area contributed by atoms with Crippen molar-refractivity contribution in [3.8, 4) is 0 Å². The summed E-state index contributed by atoms with van der Waals surface area (Å²) in [5.74, 6) is 0. The second-order valence-electron chi connectivity index (χ2n) is 4.09. The minimum atomic E-state index is 0.423. The van der Waals surface area contributed by atoms with Crippen molar-refractivity contribution in [3.05, 3.63) is 59.9 Å². The Bertz CT molecular complexity index is 540. The molecule has 1 aromatic heterocycles. The van der Waals surface area contributed by atoms with E-state index in [1.54, 1.807) is 12.4 Å². The second kappa shape index (κ2) is 5.60. The number of thiocarbonyl (C=S) groups is 1. The van der Waals surface area contributed by atoms with Gasteiger partial charge in [-0.2, -0.15) is 0 Å². The molecule has 2 rings (SSSR count). The Morgan fingerprint density at radius 1 is 1.22 bits per heavy atom. The largest absolute Gasteiger partial charge is 0.389 e. The standard InChI is InChI=1S/C14H15N3S/c1-17(10-11-6-8-16-9-7-11)13-5-3-2-4-12(13)14(15)18/h2-9H,10H2,1H3,(H2,15,18). The van der Waals surface area contributed by atoms with Crippen LogP contribution in [-0.2, 0) is 6.54 Å². The number of nitrogens with zero attached hydrogens (tertiary/aromatic N) is 2. The van der Waals surface area contributed by atoms with Crippen LogP contribution in [0.3, 0.4) is 0 Å². The van der Waals surface area contributed by atoms with Crippen molar-refractivity contribution >= 4 is 22.9 Å². The lowest BCUT2D eigenvalue weighted by molar-refractivity contribution is 0.918. The van der Waals surface area contributed by atoms with E-state index in [1.807, 2.05) is 43.4 Å². The first kappa shape index (κ1) is 12.5. The molecule has 92 valence electrons. The quantitative estimate of drug-likeness (QED) is 0.854. The van der Waals surface area contributed by atoms with Crippen LogP contribution in [0.1, 0.15) is 11.1 Å². The predicted octanol–water partition coefficient (Wildman–Crippen LogP) is 2.35. The number of nitrogens with two attached hydrogens (primary N) is 1. The maximum absolute atomic E-state index is 5.74. The van der Waals surface area contributed by atoms with E-state index in [2.05, 4.69) is 9.88 Å². The maximum atomic E-state index is 5.74. The third kappa shape index (κ3) is 2.84. The van der Waals surface area contributed by atoms with Crippen LogP contribution in [0.15, 0.2) is 48.8 Å². The molecule has 3 nitrogen and oxygen atoms in total. The van der Waals surface area contributed by atoms with Crippen molar-refractivity contribution in [2.24, 2.45) is 5.73 Å². The molecule has 0 saturated heterocycles. The molecule has 1 aromatic carbocycles. The maximum Gasteiger partial charge on any atom is 0.106 e. The molecule has 0 aliphatic heterocycles. The molecule has 18 heavy (non-hydrogen) atoms. The van der Waals surface area contributed by atoms with Crippen LogP contribution in [0.4, 0.5) is 5.69 Å². The first-order chi connectivity index (χ1) is 8.68. The fourth-order valence-electron chi connectivity index (χ4n) is 1.86. The Labute approximate surface area is 112 Å². The molecule has 0 amide bonds. The van der Waals surface area contributed by atoms with Gasteiger partial charge in [0.2, 0.25) is 0 Å². The van der Waals surface area contributed by atoms with Crippen LogP contribution in [-0.4, -0.2) is 17.0 Å². The SMILES string of the molecule is CN(Cc1ccncc1)c1ccccc1C(N)=S. The lowest BCUT2D eigenvalue weighted by Crippen LogP contribution is -2.21. The van der Waals surface area contributed by atoms with Crippen molar-refractivity contribution in [1.82, 2.24) is 4.98 Å². The smallest absolute Gasteiger partial charge is 0.106 e. The second-order valence-corrected chi connectivity index (χ2v) is 4.53. The molecule has 0 aliphatic carbocycles. The molecule has 0 bridgehead atoms. The summed E-state index contributed by atoms with van der Waals surface area (Å²) < 4.78 is 0. The zero-order valence-electron chi connectivity index (χ0n) is 10.2. The van der Waals surface area contributed by atoms with E-state index >= 15 is 0 Å². The summed E-state index contributed by atoms with van der Waals surface area (Å²) >= 11 is 5.07. The zero-order chi connectivity index (χ0) is 13.0. The van der Waals surface area contributed by atoms with Crippen LogP contribution in [0.25, 0.3) is 0 Å². The summed E-state index contributed by atoms with van der Waals surface area (Å²) in [4.78, 5) is 6.56. The highest BCUT2D eigenvalue weighted by Gasteiger charge is 2.08. The van der Waals surface area contributed by atoms with Crippen LogP contribution in [0.2, 0.25) is 0 Å². The Morgan fingerprint density at radius 3 is 2.56 bits per heavy atom. The molecular formula is C14H15N3S. The predicted molar refractivity (Wildman–Crippen MR) is 78.7 cm³/mol. The van der Waals surface area contributed by atoms with Gasteiger partial charge in [-0.25, -0.2) is 0 Å². The Kier molecular flexibility index (Phi) is 3.89. The normalized spacial score (nSPS) is 10.1. The lowest BCUT2D eigenvalue weighted by atomic mass is 10.1. The van der Waals surface area contributed by atoms with E-state index in [-0.39, 0.29) is 0 Å². The van der Waals surface area contributed by atoms with Gasteiger partial charge in [-0.3, -0.25) is 4.98 Å². The van der Waals surface area contributed by atoms with Crippen LogP contribution in [0, 0.1) is 0 Å². The van der Waals surface area contributed by atoms with Gasteiger partial charge in [0, 0.05) is 37.2 Å². The van der Waals surface area contributed by atoms with Gasteiger partial charge in [0.1, 0.15) is 4.99 Å². The molecule has 0 radical (unpaired) electrons. The molecule has 2 N–H and O–H groups in total. The van der Waals surface area contributed by atoms with Gasteiger partial charge in [-0.1, -0.05) is 24.4 Å². The number of aromatic nitrogens is 1. The van der Waals surface area contributed by atoms with Crippen LogP contribution in [0.5, 0.6) is 0 Å². The molecule has 0 unspecified atom stereocenters. The van der Waals surface area contributed by atoms with Gasteiger partial charge in [0.25, 0.3) is 0 Å². The fourth-order valence-corrected chi connectivity index (χ4v) is 2.03. The summed E-state index contributed by atoms with van der Waals surface area (Å²) in [5, 5.41) is 0. The number of anilines is 1. The first-order valence-electron chi connectivity index (χ1n) is 5.67. The fraction of sp³-hybridized carbons (Fsp3) is 0.143. The Morgan fingerprint density at radius 2 is 1.89 bits per heavy atom. The first-order valence-corrected chi connectivity index (χ1v) is 6.08. The number of benzene rings is 1. The summed E-state index contributed by atoms with van der Waals surface area (Å²) in [6, 6.07) is 11.9.